The summed E-state index contributed by atoms with van der Waals surface area (Å²) in [6, 6.07) is 8.24. The third-order valence-electron chi connectivity index (χ3n) is 4.14. The molecule has 0 spiro atoms. The van der Waals surface area contributed by atoms with Crippen LogP contribution in [-0.4, -0.2) is 19.5 Å². The van der Waals surface area contributed by atoms with Crippen molar-refractivity contribution in [3.05, 3.63) is 29.8 Å². The van der Waals surface area contributed by atoms with Gasteiger partial charge in [-0.3, -0.25) is 4.79 Å². The number of aryl methyl sites for hydroxylation is 1. The largest absolute Gasteiger partial charge is 0.330 e. The van der Waals surface area contributed by atoms with Gasteiger partial charge in [-0.1, -0.05) is 38.8 Å². The van der Waals surface area contributed by atoms with Crippen molar-refractivity contribution in [1.82, 2.24) is 0 Å². The molecule has 0 bridgehead atoms. The molecule has 1 amide bonds. The first-order chi connectivity index (χ1) is 10.1. The summed E-state index contributed by atoms with van der Waals surface area (Å²) in [7, 11) is 1.86. The summed E-state index contributed by atoms with van der Waals surface area (Å²) >= 11 is 0. The Hall–Kier alpha value is -1.35. The van der Waals surface area contributed by atoms with E-state index in [2.05, 4.69) is 26.0 Å². The van der Waals surface area contributed by atoms with Crippen LogP contribution in [0.1, 0.15) is 51.5 Å². The van der Waals surface area contributed by atoms with Crippen molar-refractivity contribution >= 4 is 11.6 Å². The SMILES string of the molecule is CCCC(CCN)CCC(=O)N(C)c1ccc(CC)cc1. The Morgan fingerprint density at radius 3 is 2.33 bits per heavy atom. The van der Waals surface area contributed by atoms with Gasteiger partial charge in [0, 0.05) is 19.2 Å². The number of anilines is 1. The van der Waals surface area contributed by atoms with Gasteiger partial charge in [0.2, 0.25) is 5.91 Å². The zero-order valence-electron chi connectivity index (χ0n) is 13.8. The zero-order chi connectivity index (χ0) is 15.7. The van der Waals surface area contributed by atoms with Crippen molar-refractivity contribution in [2.45, 2.75) is 52.4 Å². The van der Waals surface area contributed by atoms with Crippen molar-refractivity contribution in [3.8, 4) is 0 Å². The fourth-order valence-corrected chi connectivity index (χ4v) is 2.67. The van der Waals surface area contributed by atoms with E-state index in [1.165, 1.54) is 12.0 Å². The molecule has 0 saturated carbocycles. The normalized spacial score (nSPS) is 12.2. The van der Waals surface area contributed by atoms with E-state index in [0.29, 0.717) is 18.9 Å². The Balaban J connectivity index is 2.52. The molecular formula is C18H30N2O. The predicted octanol–water partition coefficient (Wildman–Crippen LogP) is 3.76. The molecule has 3 heteroatoms. The number of carbonyl (C=O) groups excluding carboxylic acids is 1. The summed E-state index contributed by atoms with van der Waals surface area (Å²) in [5.74, 6) is 0.775. The lowest BCUT2D eigenvalue weighted by Crippen LogP contribution is -2.26. The van der Waals surface area contributed by atoms with Crippen LogP contribution < -0.4 is 10.6 Å². The Morgan fingerprint density at radius 2 is 1.81 bits per heavy atom. The third kappa shape index (κ3) is 5.88. The van der Waals surface area contributed by atoms with Crippen LogP contribution in [0.25, 0.3) is 0 Å². The van der Waals surface area contributed by atoms with E-state index in [1.807, 2.05) is 19.2 Å². The summed E-state index contributed by atoms with van der Waals surface area (Å²) in [6.45, 7) is 5.04. The third-order valence-corrected chi connectivity index (χ3v) is 4.14. The highest BCUT2D eigenvalue weighted by Gasteiger charge is 2.14. The molecule has 0 saturated heterocycles. The Morgan fingerprint density at radius 1 is 1.14 bits per heavy atom. The minimum Gasteiger partial charge on any atom is -0.330 e. The number of carbonyl (C=O) groups is 1. The summed E-state index contributed by atoms with van der Waals surface area (Å²) in [4.78, 5) is 14.1. The molecule has 1 aromatic rings. The molecule has 1 rings (SSSR count). The molecular weight excluding hydrogens is 260 g/mol. The van der Waals surface area contributed by atoms with Gasteiger partial charge in [0.05, 0.1) is 0 Å². The fraction of sp³-hybridized carbons (Fsp3) is 0.611. The fourth-order valence-electron chi connectivity index (χ4n) is 2.67. The van der Waals surface area contributed by atoms with Crippen LogP contribution in [0.4, 0.5) is 5.69 Å². The summed E-state index contributed by atoms with van der Waals surface area (Å²) < 4.78 is 0. The Bertz CT molecular complexity index is 408. The Kier molecular flexibility index (Phi) is 8.06. The van der Waals surface area contributed by atoms with Gasteiger partial charge in [0.15, 0.2) is 0 Å². The van der Waals surface area contributed by atoms with Crippen molar-refractivity contribution in [2.75, 3.05) is 18.5 Å². The van der Waals surface area contributed by atoms with Crippen LogP contribution in [0.15, 0.2) is 24.3 Å². The topological polar surface area (TPSA) is 46.3 Å². The number of benzene rings is 1. The summed E-state index contributed by atoms with van der Waals surface area (Å²) in [6.07, 6.45) is 5.93. The Labute approximate surface area is 129 Å². The highest BCUT2D eigenvalue weighted by atomic mass is 16.2. The number of hydrogen-bond donors (Lipinski definition) is 1. The molecule has 0 heterocycles. The molecule has 21 heavy (non-hydrogen) atoms. The average Bonchev–Trinajstić information content (AvgIpc) is 2.52. The smallest absolute Gasteiger partial charge is 0.226 e. The van der Waals surface area contributed by atoms with E-state index in [9.17, 15) is 4.79 Å². The van der Waals surface area contributed by atoms with Gasteiger partial charge in [0.1, 0.15) is 0 Å². The number of amides is 1. The van der Waals surface area contributed by atoms with Crippen LogP contribution in [0.5, 0.6) is 0 Å². The first-order valence-electron chi connectivity index (χ1n) is 8.17. The minimum absolute atomic E-state index is 0.192. The summed E-state index contributed by atoms with van der Waals surface area (Å²) in [5.41, 5.74) is 7.92. The average molecular weight is 290 g/mol. The second kappa shape index (κ2) is 9.56. The second-order valence-corrected chi connectivity index (χ2v) is 5.74. The lowest BCUT2D eigenvalue weighted by molar-refractivity contribution is -0.118. The predicted molar refractivity (Wildman–Crippen MR) is 90.5 cm³/mol. The van der Waals surface area contributed by atoms with Crippen LogP contribution in [0, 0.1) is 5.92 Å². The minimum atomic E-state index is 0.192. The zero-order valence-corrected chi connectivity index (χ0v) is 13.8. The molecule has 0 aliphatic carbocycles. The number of nitrogens with zero attached hydrogens (tertiary/aromatic N) is 1. The van der Waals surface area contributed by atoms with Gasteiger partial charge in [0.25, 0.3) is 0 Å². The number of rotatable bonds is 9. The lowest BCUT2D eigenvalue weighted by Gasteiger charge is -2.20. The highest BCUT2D eigenvalue weighted by Crippen LogP contribution is 2.20. The second-order valence-electron chi connectivity index (χ2n) is 5.74. The van der Waals surface area contributed by atoms with Gasteiger partial charge in [-0.25, -0.2) is 0 Å². The maximum absolute atomic E-state index is 12.3. The molecule has 0 aliphatic rings. The molecule has 0 aliphatic heterocycles. The molecule has 0 fully saturated rings. The van der Waals surface area contributed by atoms with Crippen LogP contribution in [-0.2, 0) is 11.2 Å². The maximum atomic E-state index is 12.3. The standard InChI is InChI=1S/C18H30N2O/c1-4-6-16(13-14-19)9-12-18(21)20(3)17-10-7-15(5-2)8-11-17/h7-8,10-11,16H,4-6,9,12-14,19H2,1-3H3. The molecule has 1 aromatic carbocycles. The van der Waals surface area contributed by atoms with E-state index >= 15 is 0 Å². The van der Waals surface area contributed by atoms with E-state index in [1.54, 1.807) is 4.90 Å². The van der Waals surface area contributed by atoms with Gasteiger partial charge >= 0.3 is 0 Å². The van der Waals surface area contributed by atoms with E-state index in [0.717, 1.165) is 31.4 Å². The van der Waals surface area contributed by atoms with Crippen LogP contribution in [0.2, 0.25) is 0 Å². The monoisotopic (exact) mass is 290 g/mol. The molecule has 118 valence electrons. The van der Waals surface area contributed by atoms with Gasteiger partial charge < -0.3 is 10.6 Å². The van der Waals surface area contributed by atoms with Crippen LogP contribution >= 0.6 is 0 Å². The molecule has 2 N–H and O–H groups in total. The van der Waals surface area contributed by atoms with E-state index < -0.39 is 0 Å². The van der Waals surface area contributed by atoms with E-state index in [-0.39, 0.29) is 5.91 Å². The lowest BCUT2D eigenvalue weighted by atomic mass is 9.94. The first kappa shape index (κ1) is 17.7. The molecule has 3 nitrogen and oxygen atoms in total. The van der Waals surface area contributed by atoms with Gasteiger partial charge in [-0.05, 0) is 49.4 Å². The molecule has 1 atom stereocenters. The van der Waals surface area contributed by atoms with Crippen molar-refractivity contribution < 1.29 is 4.79 Å². The van der Waals surface area contributed by atoms with Crippen LogP contribution in [0.3, 0.4) is 0 Å². The maximum Gasteiger partial charge on any atom is 0.226 e. The van der Waals surface area contributed by atoms with Gasteiger partial charge in [-0.15, -0.1) is 0 Å². The van der Waals surface area contributed by atoms with Crippen molar-refractivity contribution in [2.24, 2.45) is 11.7 Å². The molecule has 0 aromatic heterocycles. The van der Waals surface area contributed by atoms with Crippen molar-refractivity contribution in [3.63, 3.8) is 0 Å². The number of nitrogens with two attached hydrogens (primary N) is 1. The summed E-state index contributed by atoms with van der Waals surface area (Å²) in [5, 5.41) is 0. The quantitative estimate of drug-likeness (QED) is 0.752. The number of hydrogen-bond acceptors (Lipinski definition) is 2. The molecule has 1 unspecified atom stereocenters. The molecule has 0 radical (unpaired) electrons. The van der Waals surface area contributed by atoms with Gasteiger partial charge in [-0.2, -0.15) is 0 Å². The van der Waals surface area contributed by atoms with Crippen molar-refractivity contribution in [1.29, 1.82) is 0 Å². The highest BCUT2D eigenvalue weighted by molar-refractivity contribution is 5.92. The van der Waals surface area contributed by atoms with E-state index in [4.69, 9.17) is 5.73 Å². The first-order valence-corrected chi connectivity index (χ1v) is 8.17.